The van der Waals surface area contributed by atoms with Crippen LogP contribution in [0.5, 0.6) is 0 Å². The quantitative estimate of drug-likeness (QED) is 0.396. The standard InChI is InChI=1S/C18H15N3O5/c1-12-13(6-4-8-16(12)21(24)25)18(23)26-10-9-20-11-19-15-7-3-2-5-14(15)17(20)22/h2-8,11H,9-10H2,1H3. The lowest BCUT2D eigenvalue weighted by atomic mass is 10.1. The van der Waals surface area contributed by atoms with Gasteiger partial charge in [-0.05, 0) is 25.1 Å². The fourth-order valence-corrected chi connectivity index (χ4v) is 2.62. The number of esters is 1. The Kier molecular flexibility index (Phi) is 4.74. The van der Waals surface area contributed by atoms with Crippen molar-refractivity contribution in [3.05, 3.63) is 80.4 Å². The lowest BCUT2D eigenvalue weighted by Crippen LogP contribution is -2.23. The van der Waals surface area contributed by atoms with E-state index in [4.69, 9.17) is 4.74 Å². The maximum absolute atomic E-state index is 12.4. The maximum Gasteiger partial charge on any atom is 0.338 e. The lowest BCUT2D eigenvalue weighted by Gasteiger charge is -2.09. The average molecular weight is 353 g/mol. The first-order chi connectivity index (χ1) is 12.5. The van der Waals surface area contributed by atoms with Gasteiger partial charge in [0.05, 0.1) is 34.3 Å². The zero-order chi connectivity index (χ0) is 18.7. The van der Waals surface area contributed by atoms with Crippen LogP contribution in [0.15, 0.2) is 53.6 Å². The van der Waals surface area contributed by atoms with Gasteiger partial charge in [-0.3, -0.25) is 19.5 Å². The number of benzene rings is 2. The summed E-state index contributed by atoms with van der Waals surface area (Å²) in [5.74, 6) is -0.673. The second kappa shape index (κ2) is 7.14. The van der Waals surface area contributed by atoms with Gasteiger partial charge in [0.1, 0.15) is 6.61 Å². The number of fused-ring (bicyclic) bond motifs is 1. The molecule has 0 saturated heterocycles. The summed E-state index contributed by atoms with van der Waals surface area (Å²) in [6.07, 6.45) is 1.40. The predicted octanol–water partition coefficient (Wildman–Crippen LogP) is 2.47. The molecule has 0 radical (unpaired) electrons. The van der Waals surface area contributed by atoms with Crippen LogP contribution in [0.4, 0.5) is 5.69 Å². The Bertz CT molecular complexity index is 1060. The van der Waals surface area contributed by atoms with Crippen LogP contribution in [0.2, 0.25) is 0 Å². The molecular weight excluding hydrogens is 338 g/mol. The van der Waals surface area contributed by atoms with E-state index < -0.39 is 10.9 Å². The van der Waals surface area contributed by atoms with Crippen molar-refractivity contribution >= 4 is 22.6 Å². The van der Waals surface area contributed by atoms with Gasteiger partial charge in [0.2, 0.25) is 0 Å². The molecule has 0 aliphatic carbocycles. The molecule has 1 aromatic heterocycles. The van der Waals surface area contributed by atoms with Crippen LogP contribution in [0, 0.1) is 17.0 Å². The number of aromatic nitrogens is 2. The Morgan fingerprint density at radius 1 is 1.23 bits per heavy atom. The zero-order valence-electron chi connectivity index (χ0n) is 13.9. The molecule has 3 aromatic rings. The highest BCUT2D eigenvalue weighted by atomic mass is 16.6. The second-order valence-corrected chi connectivity index (χ2v) is 5.60. The van der Waals surface area contributed by atoms with E-state index in [1.165, 1.54) is 36.0 Å². The van der Waals surface area contributed by atoms with E-state index >= 15 is 0 Å². The van der Waals surface area contributed by atoms with Crippen LogP contribution in [-0.2, 0) is 11.3 Å². The average Bonchev–Trinajstić information content (AvgIpc) is 2.63. The Balaban J connectivity index is 1.72. The minimum absolute atomic E-state index is 0.0547. The van der Waals surface area contributed by atoms with Crippen LogP contribution in [0.1, 0.15) is 15.9 Å². The van der Waals surface area contributed by atoms with Crippen molar-refractivity contribution < 1.29 is 14.5 Å². The fourth-order valence-electron chi connectivity index (χ4n) is 2.62. The number of hydrogen-bond acceptors (Lipinski definition) is 6. The van der Waals surface area contributed by atoms with Crippen LogP contribution in [0.25, 0.3) is 10.9 Å². The van der Waals surface area contributed by atoms with Crippen LogP contribution in [-0.4, -0.2) is 27.1 Å². The number of ether oxygens (including phenoxy) is 1. The SMILES string of the molecule is Cc1c(C(=O)OCCn2cnc3ccccc3c2=O)cccc1[N+](=O)[O-]. The lowest BCUT2D eigenvalue weighted by molar-refractivity contribution is -0.385. The number of nitro benzene ring substituents is 1. The maximum atomic E-state index is 12.4. The van der Waals surface area contributed by atoms with Crippen molar-refractivity contribution in [3.8, 4) is 0 Å². The molecule has 8 nitrogen and oxygen atoms in total. The molecule has 0 aliphatic rings. The van der Waals surface area contributed by atoms with Crippen LogP contribution in [0.3, 0.4) is 0 Å². The van der Waals surface area contributed by atoms with Gasteiger partial charge in [0.25, 0.3) is 11.2 Å². The predicted molar refractivity (Wildman–Crippen MR) is 94.1 cm³/mol. The summed E-state index contributed by atoms with van der Waals surface area (Å²) < 4.78 is 6.52. The number of carbonyl (C=O) groups excluding carboxylic acids is 1. The molecule has 2 aromatic carbocycles. The smallest absolute Gasteiger partial charge is 0.338 e. The highest BCUT2D eigenvalue weighted by Gasteiger charge is 2.18. The minimum atomic E-state index is -0.673. The Morgan fingerprint density at radius 3 is 2.77 bits per heavy atom. The monoisotopic (exact) mass is 353 g/mol. The molecule has 1 heterocycles. The van der Waals surface area contributed by atoms with Gasteiger partial charge >= 0.3 is 5.97 Å². The van der Waals surface area contributed by atoms with Crippen molar-refractivity contribution in [2.45, 2.75) is 13.5 Å². The highest BCUT2D eigenvalue weighted by molar-refractivity contribution is 5.92. The molecule has 0 atom stereocenters. The van der Waals surface area contributed by atoms with Crippen molar-refractivity contribution in [1.82, 2.24) is 9.55 Å². The third-order valence-corrected chi connectivity index (χ3v) is 4.02. The topological polar surface area (TPSA) is 104 Å². The molecule has 8 heteroatoms. The van der Waals surface area contributed by atoms with E-state index in [-0.39, 0.29) is 35.5 Å². The first-order valence-electron chi connectivity index (χ1n) is 7.84. The Morgan fingerprint density at radius 2 is 2.00 bits per heavy atom. The molecule has 0 aliphatic heterocycles. The summed E-state index contributed by atoms with van der Waals surface area (Å²) in [5.41, 5.74) is 0.598. The molecule has 0 unspecified atom stereocenters. The Hall–Kier alpha value is -3.55. The molecule has 0 spiro atoms. The minimum Gasteiger partial charge on any atom is -0.460 e. The summed E-state index contributed by atoms with van der Waals surface area (Å²) in [6.45, 7) is 1.57. The van der Waals surface area contributed by atoms with E-state index in [2.05, 4.69) is 4.98 Å². The van der Waals surface area contributed by atoms with E-state index in [1.54, 1.807) is 24.3 Å². The Labute approximate surface area is 147 Å². The molecule has 0 saturated carbocycles. The third kappa shape index (κ3) is 3.30. The zero-order valence-corrected chi connectivity index (χ0v) is 13.9. The fraction of sp³-hybridized carbons (Fsp3) is 0.167. The number of rotatable bonds is 5. The van der Waals surface area contributed by atoms with Crippen LogP contribution >= 0.6 is 0 Å². The first kappa shape index (κ1) is 17.3. The largest absolute Gasteiger partial charge is 0.460 e. The van der Waals surface area contributed by atoms with Gasteiger partial charge in [-0.25, -0.2) is 9.78 Å². The van der Waals surface area contributed by atoms with Crippen molar-refractivity contribution in [3.63, 3.8) is 0 Å². The molecule has 132 valence electrons. The molecule has 0 bridgehead atoms. The van der Waals surface area contributed by atoms with Gasteiger partial charge in [0.15, 0.2) is 0 Å². The van der Waals surface area contributed by atoms with Gasteiger partial charge in [0, 0.05) is 11.6 Å². The summed E-state index contributed by atoms with van der Waals surface area (Å²) in [7, 11) is 0. The summed E-state index contributed by atoms with van der Waals surface area (Å²) in [6, 6.07) is 11.2. The van der Waals surface area contributed by atoms with Gasteiger partial charge in [-0.1, -0.05) is 18.2 Å². The van der Waals surface area contributed by atoms with E-state index in [1.807, 2.05) is 0 Å². The number of para-hydroxylation sites is 1. The molecule has 0 amide bonds. The molecule has 0 N–H and O–H groups in total. The van der Waals surface area contributed by atoms with E-state index in [0.29, 0.717) is 10.9 Å². The molecule has 0 fully saturated rings. The summed E-state index contributed by atoms with van der Waals surface area (Å²) >= 11 is 0. The second-order valence-electron chi connectivity index (χ2n) is 5.60. The van der Waals surface area contributed by atoms with Crippen molar-refractivity contribution in [2.75, 3.05) is 6.61 Å². The van der Waals surface area contributed by atoms with Crippen molar-refractivity contribution in [1.29, 1.82) is 0 Å². The number of hydrogen-bond donors (Lipinski definition) is 0. The number of nitro groups is 1. The first-order valence-corrected chi connectivity index (χ1v) is 7.84. The molecule has 3 rings (SSSR count). The van der Waals surface area contributed by atoms with E-state index in [9.17, 15) is 19.7 Å². The van der Waals surface area contributed by atoms with Gasteiger partial charge in [-0.2, -0.15) is 0 Å². The van der Waals surface area contributed by atoms with Crippen LogP contribution < -0.4 is 5.56 Å². The van der Waals surface area contributed by atoms with E-state index in [0.717, 1.165) is 0 Å². The van der Waals surface area contributed by atoms with Gasteiger partial charge in [-0.15, -0.1) is 0 Å². The normalized spacial score (nSPS) is 10.7. The molecular formula is C18H15N3O5. The number of nitrogens with zero attached hydrogens (tertiary/aromatic N) is 3. The summed E-state index contributed by atoms with van der Waals surface area (Å²) in [4.78, 5) is 39.1. The highest BCUT2D eigenvalue weighted by Crippen LogP contribution is 2.21. The van der Waals surface area contributed by atoms with Gasteiger partial charge < -0.3 is 4.74 Å². The third-order valence-electron chi connectivity index (χ3n) is 4.02. The number of carbonyl (C=O) groups is 1. The molecule has 26 heavy (non-hydrogen) atoms. The van der Waals surface area contributed by atoms with Crippen molar-refractivity contribution in [2.24, 2.45) is 0 Å². The summed E-state index contributed by atoms with van der Waals surface area (Å²) in [5, 5.41) is 11.4.